The fourth-order valence-corrected chi connectivity index (χ4v) is 1.77. The van der Waals surface area contributed by atoms with E-state index in [-0.39, 0.29) is 17.6 Å². The maximum absolute atomic E-state index is 12.7. The molecule has 2 heterocycles. The molecule has 1 aliphatic heterocycles. The van der Waals surface area contributed by atoms with Gasteiger partial charge in [-0.2, -0.15) is 0 Å². The van der Waals surface area contributed by atoms with Crippen molar-refractivity contribution in [1.82, 2.24) is 9.88 Å². The molecule has 1 aliphatic rings. The van der Waals surface area contributed by atoms with E-state index in [1.807, 2.05) is 0 Å². The summed E-state index contributed by atoms with van der Waals surface area (Å²) >= 11 is 0. The molecule has 92 valence electrons. The number of ether oxygens (including phenoxy) is 1. The van der Waals surface area contributed by atoms with Crippen LogP contribution in [-0.4, -0.2) is 48.1 Å². The Labute approximate surface area is 98.4 Å². The number of nitrogens with zero attached hydrogens (tertiary/aromatic N) is 2. The Morgan fingerprint density at radius 3 is 3.12 bits per heavy atom. The standard InChI is InChI=1S/C11H14FN3O2/c12-8-1-2-10(14-6-8)11(16)15-3-4-17-7-9(15)5-13/h1-2,6,9H,3-5,7,13H2. The monoisotopic (exact) mass is 239 g/mol. The van der Waals surface area contributed by atoms with Crippen LogP contribution < -0.4 is 5.73 Å². The SMILES string of the molecule is NCC1COCCN1C(=O)c1ccc(F)cn1. The number of carbonyl (C=O) groups excluding carboxylic acids is 1. The first-order chi connectivity index (χ1) is 8.22. The van der Waals surface area contributed by atoms with Gasteiger partial charge in [-0.25, -0.2) is 9.37 Å². The smallest absolute Gasteiger partial charge is 0.272 e. The second kappa shape index (κ2) is 5.20. The molecule has 0 aliphatic carbocycles. The van der Waals surface area contributed by atoms with Crippen LogP contribution in [0.3, 0.4) is 0 Å². The molecular formula is C11H14FN3O2. The van der Waals surface area contributed by atoms with Crippen LogP contribution in [0.25, 0.3) is 0 Å². The van der Waals surface area contributed by atoms with Crippen LogP contribution in [0.4, 0.5) is 4.39 Å². The molecule has 0 radical (unpaired) electrons. The average molecular weight is 239 g/mol. The Morgan fingerprint density at radius 2 is 2.47 bits per heavy atom. The molecule has 0 saturated carbocycles. The van der Waals surface area contributed by atoms with Gasteiger partial charge in [0.15, 0.2) is 0 Å². The first-order valence-electron chi connectivity index (χ1n) is 5.42. The van der Waals surface area contributed by atoms with Gasteiger partial charge in [0.2, 0.25) is 0 Å². The second-order valence-electron chi connectivity index (χ2n) is 3.82. The van der Waals surface area contributed by atoms with Crippen LogP contribution in [0.1, 0.15) is 10.5 Å². The van der Waals surface area contributed by atoms with Crippen LogP contribution in [-0.2, 0) is 4.74 Å². The summed E-state index contributed by atoms with van der Waals surface area (Å²) in [5, 5.41) is 0. The van der Waals surface area contributed by atoms with Gasteiger partial charge in [0, 0.05) is 13.1 Å². The van der Waals surface area contributed by atoms with E-state index in [9.17, 15) is 9.18 Å². The zero-order valence-electron chi connectivity index (χ0n) is 9.30. The Bertz CT molecular complexity index is 396. The lowest BCUT2D eigenvalue weighted by atomic mass is 10.2. The molecule has 1 amide bonds. The number of morpholine rings is 1. The third-order valence-electron chi connectivity index (χ3n) is 2.71. The van der Waals surface area contributed by atoms with E-state index in [1.54, 1.807) is 4.90 Å². The van der Waals surface area contributed by atoms with Crippen LogP contribution >= 0.6 is 0 Å². The van der Waals surface area contributed by atoms with Gasteiger partial charge in [-0.15, -0.1) is 0 Å². The molecular weight excluding hydrogens is 225 g/mol. The van der Waals surface area contributed by atoms with Gasteiger partial charge >= 0.3 is 0 Å². The molecule has 5 nitrogen and oxygen atoms in total. The molecule has 17 heavy (non-hydrogen) atoms. The van der Waals surface area contributed by atoms with E-state index < -0.39 is 5.82 Å². The Kier molecular flexibility index (Phi) is 3.65. The lowest BCUT2D eigenvalue weighted by Gasteiger charge is -2.34. The third kappa shape index (κ3) is 2.59. The Morgan fingerprint density at radius 1 is 1.65 bits per heavy atom. The minimum Gasteiger partial charge on any atom is -0.377 e. The van der Waals surface area contributed by atoms with Gasteiger partial charge in [0.25, 0.3) is 5.91 Å². The zero-order valence-corrected chi connectivity index (χ0v) is 9.30. The number of amides is 1. The minimum absolute atomic E-state index is 0.136. The van der Waals surface area contributed by atoms with E-state index in [0.717, 1.165) is 6.20 Å². The topological polar surface area (TPSA) is 68.5 Å². The summed E-state index contributed by atoms with van der Waals surface area (Å²) in [5.41, 5.74) is 5.81. The van der Waals surface area contributed by atoms with Crippen molar-refractivity contribution in [3.05, 3.63) is 29.8 Å². The van der Waals surface area contributed by atoms with Gasteiger partial charge in [0.05, 0.1) is 25.5 Å². The summed E-state index contributed by atoms with van der Waals surface area (Å²) < 4.78 is 18.0. The molecule has 0 aromatic carbocycles. The molecule has 0 bridgehead atoms. The average Bonchev–Trinajstić information content (AvgIpc) is 2.39. The summed E-state index contributed by atoms with van der Waals surface area (Å²) in [7, 11) is 0. The van der Waals surface area contributed by atoms with Crippen molar-refractivity contribution in [2.75, 3.05) is 26.3 Å². The lowest BCUT2D eigenvalue weighted by molar-refractivity contribution is 0.000519. The van der Waals surface area contributed by atoms with E-state index in [2.05, 4.69) is 4.98 Å². The first kappa shape index (κ1) is 11.9. The number of carbonyl (C=O) groups is 1. The van der Waals surface area contributed by atoms with Gasteiger partial charge in [-0.05, 0) is 12.1 Å². The number of nitrogens with two attached hydrogens (primary N) is 1. The van der Waals surface area contributed by atoms with Crippen molar-refractivity contribution in [2.24, 2.45) is 5.73 Å². The van der Waals surface area contributed by atoms with Crippen molar-refractivity contribution in [3.8, 4) is 0 Å². The molecule has 1 aromatic rings. The Hall–Kier alpha value is -1.53. The van der Waals surface area contributed by atoms with E-state index in [4.69, 9.17) is 10.5 Å². The highest BCUT2D eigenvalue weighted by molar-refractivity contribution is 5.92. The molecule has 1 unspecified atom stereocenters. The highest BCUT2D eigenvalue weighted by atomic mass is 19.1. The summed E-state index contributed by atoms with van der Waals surface area (Å²) in [6.07, 6.45) is 1.03. The molecule has 1 saturated heterocycles. The van der Waals surface area contributed by atoms with Crippen LogP contribution in [0, 0.1) is 5.82 Å². The van der Waals surface area contributed by atoms with Crippen molar-refractivity contribution in [2.45, 2.75) is 6.04 Å². The van der Waals surface area contributed by atoms with Crippen molar-refractivity contribution >= 4 is 5.91 Å². The number of pyridine rings is 1. The number of halogens is 1. The van der Waals surface area contributed by atoms with Crippen molar-refractivity contribution in [1.29, 1.82) is 0 Å². The van der Waals surface area contributed by atoms with Gasteiger partial charge in [0.1, 0.15) is 11.5 Å². The largest absolute Gasteiger partial charge is 0.377 e. The highest BCUT2D eigenvalue weighted by Gasteiger charge is 2.27. The van der Waals surface area contributed by atoms with Crippen molar-refractivity contribution in [3.63, 3.8) is 0 Å². The van der Waals surface area contributed by atoms with Crippen molar-refractivity contribution < 1.29 is 13.9 Å². The summed E-state index contributed by atoms with van der Waals surface area (Å²) in [4.78, 5) is 17.5. The number of hydrogen-bond acceptors (Lipinski definition) is 4. The fourth-order valence-electron chi connectivity index (χ4n) is 1.77. The molecule has 1 fully saturated rings. The summed E-state index contributed by atoms with van der Waals surface area (Å²) in [5.74, 6) is -0.692. The van der Waals surface area contributed by atoms with E-state index in [0.29, 0.717) is 26.3 Å². The predicted molar refractivity (Wildman–Crippen MR) is 58.9 cm³/mol. The fraction of sp³-hybridized carbons (Fsp3) is 0.455. The maximum atomic E-state index is 12.7. The van der Waals surface area contributed by atoms with E-state index in [1.165, 1.54) is 12.1 Å². The molecule has 1 aromatic heterocycles. The molecule has 2 N–H and O–H groups in total. The highest BCUT2D eigenvalue weighted by Crippen LogP contribution is 2.10. The number of aromatic nitrogens is 1. The van der Waals surface area contributed by atoms with Crippen LogP contribution in [0.15, 0.2) is 18.3 Å². The first-order valence-corrected chi connectivity index (χ1v) is 5.42. The molecule has 0 spiro atoms. The quantitative estimate of drug-likeness (QED) is 0.790. The number of rotatable bonds is 2. The normalized spacial score (nSPS) is 20.4. The third-order valence-corrected chi connectivity index (χ3v) is 2.71. The Balaban J connectivity index is 2.15. The second-order valence-corrected chi connectivity index (χ2v) is 3.82. The van der Waals surface area contributed by atoms with E-state index >= 15 is 0 Å². The summed E-state index contributed by atoms with van der Waals surface area (Å²) in [6.45, 7) is 1.75. The minimum atomic E-state index is -0.459. The van der Waals surface area contributed by atoms with Gasteiger partial charge in [-0.3, -0.25) is 4.79 Å². The van der Waals surface area contributed by atoms with Gasteiger partial charge < -0.3 is 15.4 Å². The van der Waals surface area contributed by atoms with Crippen LogP contribution in [0.2, 0.25) is 0 Å². The molecule has 6 heteroatoms. The number of hydrogen-bond donors (Lipinski definition) is 1. The zero-order chi connectivity index (χ0) is 12.3. The van der Waals surface area contributed by atoms with Gasteiger partial charge in [-0.1, -0.05) is 0 Å². The summed E-state index contributed by atoms with van der Waals surface area (Å²) in [6, 6.07) is 2.46. The van der Waals surface area contributed by atoms with Crippen LogP contribution in [0.5, 0.6) is 0 Å². The molecule has 2 rings (SSSR count). The molecule has 1 atom stereocenters. The lowest BCUT2D eigenvalue weighted by Crippen LogP contribution is -2.52. The maximum Gasteiger partial charge on any atom is 0.272 e. The predicted octanol–water partition coefficient (Wildman–Crippen LogP) is 0.0204.